The number of aromatic nitrogens is 2. The van der Waals surface area contributed by atoms with Crippen molar-refractivity contribution in [3.63, 3.8) is 0 Å². The number of rotatable bonds is 3. The van der Waals surface area contributed by atoms with Crippen molar-refractivity contribution in [2.24, 2.45) is 0 Å². The summed E-state index contributed by atoms with van der Waals surface area (Å²) in [6, 6.07) is 7.32. The van der Waals surface area contributed by atoms with E-state index < -0.39 is 0 Å². The lowest BCUT2D eigenvalue weighted by Gasteiger charge is -2.08. The molecule has 1 aromatic carbocycles. The highest BCUT2D eigenvalue weighted by molar-refractivity contribution is 9.10. The van der Waals surface area contributed by atoms with Crippen LogP contribution in [0.5, 0.6) is 5.75 Å². The van der Waals surface area contributed by atoms with E-state index in [2.05, 4.69) is 25.9 Å². The van der Waals surface area contributed by atoms with Crippen LogP contribution in [0.2, 0.25) is 5.02 Å². The molecule has 102 valence electrons. The third kappa shape index (κ3) is 2.72. The third-order valence-corrected chi connectivity index (χ3v) is 4.26. The molecular formula is C13H9BrClN3OS. The van der Waals surface area contributed by atoms with Crippen molar-refractivity contribution in [1.29, 1.82) is 0 Å². The zero-order valence-corrected chi connectivity index (χ0v) is 13.3. The van der Waals surface area contributed by atoms with Gasteiger partial charge in [-0.3, -0.25) is 0 Å². The minimum absolute atomic E-state index is 0.216. The van der Waals surface area contributed by atoms with Gasteiger partial charge >= 0.3 is 0 Å². The predicted octanol–water partition coefficient (Wildman–Crippen LogP) is 4.27. The number of fused-ring (bicyclic) bond motifs is 1. The van der Waals surface area contributed by atoms with Crippen molar-refractivity contribution in [1.82, 2.24) is 9.97 Å². The Hall–Kier alpha value is -1.37. The van der Waals surface area contributed by atoms with Crippen LogP contribution in [0.1, 0.15) is 5.82 Å². The third-order valence-electron chi connectivity index (χ3n) is 2.65. The van der Waals surface area contributed by atoms with E-state index in [4.69, 9.17) is 22.1 Å². The van der Waals surface area contributed by atoms with Gasteiger partial charge in [-0.15, -0.1) is 11.3 Å². The molecule has 0 radical (unpaired) electrons. The number of benzene rings is 1. The summed E-state index contributed by atoms with van der Waals surface area (Å²) in [4.78, 5) is 9.50. The van der Waals surface area contributed by atoms with Crippen LogP contribution < -0.4 is 10.5 Å². The number of nitrogen functional groups attached to an aromatic ring is 1. The minimum Gasteiger partial charge on any atom is -0.484 e. The molecule has 20 heavy (non-hydrogen) atoms. The van der Waals surface area contributed by atoms with Crippen molar-refractivity contribution >= 4 is 54.9 Å². The number of nitrogens with two attached hydrogens (primary N) is 1. The summed E-state index contributed by atoms with van der Waals surface area (Å²) in [6.07, 6.45) is 0. The number of hydrogen-bond acceptors (Lipinski definition) is 5. The van der Waals surface area contributed by atoms with Crippen molar-refractivity contribution in [2.45, 2.75) is 6.61 Å². The SMILES string of the molecule is Nc1nc(COc2cc(Br)ccc2Cl)nc2sccc12. The lowest BCUT2D eigenvalue weighted by Crippen LogP contribution is -2.04. The van der Waals surface area contributed by atoms with Gasteiger partial charge in [0.25, 0.3) is 0 Å². The van der Waals surface area contributed by atoms with E-state index in [1.165, 1.54) is 11.3 Å². The summed E-state index contributed by atoms with van der Waals surface area (Å²) in [7, 11) is 0. The monoisotopic (exact) mass is 369 g/mol. The minimum atomic E-state index is 0.216. The highest BCUT2D eigenvalue weighted by Gasteiger charge is 2.08. The number of thiophene rings is 1. The van der Waals surface area contributed by atoms with Gasteiger partial charge in [-0.2, -0.15) is 0 Å². The molecule has 0 atom stereocenters. The quantitative estimate of drug-likeness (QED) is 0.748. The molecule has 0 spiro atoms. The maximum atomic E-state index is 6.06. The van der Waals surface area contributed by atoms with Crippen LogP contribution in [0.25, 0.3) is 10.2 Å². The predicted molar refractivity (Wildman–Crippen MR) is 85.3 cm³/mol. The second-order valence-corrected chi connectivity index (χ2v) is 6.25. The highest BCUT2D eigenvalue weighted by Crippen LogP contribution is 2.29. The molecule has 0 aliphatic heterocycles. The Morgan fingerprint density at radius 2 is 2.15 bits per heavy atom. The van der Waals surface area contributed by atoms with E-state index >= 15 is 0 Å². The molecule has 0 amide bonds. The average molecular weight is 371 g/mol. The van der Waals surface area contributed by atoms with Crippen LogP contribution >= 0.6 is 38.9 Å². The Balaban J connectivity index is 1.84. The smallest absolute Gasteiger partial charge is 0.169 e. The molecule has 3 aromatic rings. The van der Waals surface area contributed by atoms with Gasteiger partial charge in [-0.25, -0.2) is 9.97 Å². The molecule has 0 aliphatic carbocycles. The van der Waals surface area contributed by atoms with Crippen LogP contribution in [0, 0.1) is 0 Å². The summed E-state index contributed by atoms with van der Waals surface area (Å²) in [5.41, 5.74) is 5.89. The summed E-state index contributed by atoms with van der Waals surface area (Å²) >= 11 is 11.0. The zero-order chi connectivity index (χ0) is 14.1. The number of hydrogen-bond donors (Lipinski definition) is 1. The summed E-state index contributed by atoms with van der Waals surface area (Å²) in [6.45, 7) is 0.216. The molecular weight excluding hydrogens is 362 g/mol. The fraction of sp³-hybridized carbons (Fsp3) is 0.0769. The van der Waals surface area contributed by atoms with Gasteiger partial charge in [-0.1, -0.05) is 27.5 Å². The molecule has 2 aromatic heterocycles. The molecule has 4 nitrogen and oxygen atoms in total. The fourth-order valence-corrected chi connectivity index (χ4v) is 3.02. The van der Waals surface area contributed by atoms with Crippen LogP contribution in [0.15, 0.2) is 34.1 Å². The first kappa shape index (κ1) is 13.6. The zero-order valence-electron chi connectivity index (χ0n) is 10.1. The Kier molecular flexibility index (Phi) is 3.78. The van der Waals surface area contributed by atoms with Crippen molar-refractivity contribution in [3.05, 3.63) is 45.0 Å². The van der Waals surface area contributed by atoms with E-state index in [0.717, 1.165) is 14.7 Å². The maximum Gasteiger partial charge on any atom is 0.169 e. The molecule has 0 saturated heterocycles. The normalized spacial score (nSPS) is 10.9. The molecule has 7 heteroatoms. The van der Waals surface area contributed by atoms with E-state index in [-0.39, 0.29) is 6.61 Å². The Labute approximate surface area is 132 Å². The molecule has 3 rings (SSSR count). The summed E-state index contributed by atoms with van der Waals surface area (Å²) in [5.74, 6) is 1.58. The van der Waals surface area contributed by atoms with Gasteiger partial charge in [0.15, 0.2) is 5.82 Å². The van der Waals surface area contributed by atoms with Crippen molar-refractivity contribution in [2.75, 3.05) is 5.73 Å². The Morgan fingerprint density at radius 1 is 1.30 bits per heavy atom. The summed E-state index contributed by atoms with van der Waals surface area (Å²) < 4.78 is 6.54. The van der Waals surface area contributed by atoms with Gasteiger partial charge < -0.3 is 10.5 Å². The van der Waals surface area contributed by atoms with Gasteiger partial charge in [-0.05, 0) is 29.6 Å². The molecule has 0 saturated carbocycles. The van der Waals surface area contributed by atoms with Crippen LogP contribution in [0.3, 0.4) is 0 Å². The first-order valence-corrected chi connectivity index (χ1v) is 7.76. The molecule has 2 heterocycles. The molecule has 0 bridgehead atoms. The van der Waals surface area contributed by atoms with Crippen molar-refractivity contribution in [3.8, 4) is 5.75 Å². The molecule has 0 aliphatic rings. The van der Waals surface area contributed by atoms with Crippen LogP contribution in [0.4, 0.5) is 5.82 Å². The number of anilines is 1. The largest absolute Gasteiger partial charge is 0.484 e. The number of nitrogens with zero attached hydrogens (tertiary/aromatic N) is 2. The van der Waals surface area contributed by atoms with E-state index in [0.29, 0.717) is 22.4 Å². The van der Waals surface area contributed by atoms with Gasteiger partial charge in [0, 0.05) is 4.47 Å². The van der Waals surface area contributed by atoms with Crippen molar-refractivity contribution < 1.29 is 4.74 Å². The van der Waals surface area contributed by atoms with Gasteiger partial charge in [0.1, 0.15) is 23.0 Å². The van der Waals surface area contributed by atoms with E-state index in [1.54, 1.807) is 12.1 Å². The first-order valence-electron chi connectivity index (χ1n) is 5.71. The fourth-order valence-electron chi connectivity index (χ4n) is 1.72. The number of ether oxygens (including phenoxy) is 1. The average Bonchev–Trinajstić information content (AvgIpc) is 2.89. The Morgan fingerprint density at radius 3 is 3.00 bits per heavy atom. The second kappa shape index (κ2) is 5.55. The van der Waals surface area contributed by atoms with Gasteiger partial charge in [0.05, 0.1) is 10.4 Å². The standard InChI is InChI=1S/C13H9BrClN3OS/c14-7-1-2-9(15)10(5-7)19-6-11-17-12(16)8-3-4-20-13(8)18-11/h1-5H,6H2,(H2,16,17,18). The van der Waals surface area contributed by atoms with Gasteiger partial charge in [0.2, 0.25) is 0 Å². The Bertz CT molecular complexity index is 777. The van der Waals surface area contributed by atoms with E-state index in [1.807, 2.05) is 17.5 Å². The number of halogens is 2. The topological polar surface area (TPSA) is 61.0 Å². The second-order valence-electron chi connectivity index (χ2n) is 4.03. The molecule has 2 N–H and O–H groups in total. The first-order chi connectivity index (χ1) is 9.63. The molecule has 0 unspecified atom stereocenters. The maximum absolute atomic E-state index is 6.06. The lowest BCUT2D eigenvalue weighted by molar-refractivity contribution is 0.296. The van der Waals surface area contributed by atoms with Crippen LogP contribution in [-0.2, 0) is 6.61 Å². The molecule has 0 fully saturated rings. The van der Waals surface area contributed by atoms with E-state index in [9.17, 15) is 0 Å². The highest BCUT2D eigenvalue weighted by atomic mass is 79.9. The van der Waals surface area contributed by atoms with Crippen LogP contribution in [-0.4, -0.2) is 9.97 Å². The lowest BCUT2D eigenvalue weighted by atomic mass is 10.3. The summed E-state index contributed by atoms with van der Waals surface area (Å²) in [5, 5.41) is 3.35.